The fourth-order valence-corrected chi connectivity index (χ4v) is 3.20. The molecule has 1 atom stereocenters. The molecule has 0 fully saturated rings. The van der Waals surface area contributed by atoms with E-state index < -0.39 is 0 Å². The molecule has 1 unspecified atom stereocenters. The summed E-state index contributed by atoms with van der Waals surface area (Å²) in [4.78, 5) is 4.27. The molecule has 2 aromatic rings. The minimum Gasteiger partial charge on any atom is -0.377 e. The number of fused-ring (bicyclic) bond motifs is 1. The third-order valence-corrected chi connectivity index (χ3v) is 4.34. The zero-order valence-corrected chi connectivity index (χ0v) is 12.5. The van der Waals surface area contributed by atoms with E-state index in [2.05, 4.69) is 61.4 Å². The minimum absolute atomic E-state index is 0.277. The van der Waals surface area contributed by atoms with Crippen molar-refractivity contribution >= 4 is 5.69 Å². The molecule has 0 bridgehead atoms. The van der Waals surface area contributed by atoms with Gasteiger partial charge in [0, 0.05) is 12.4 Å². The molecule has 1 aliphatic rings. The lowest BCUT2D eigenvalue weighted by molar-refractivity contribution is 0.406. The Morgan fingerprint density at radius 1 is 1.20 bits per heavy atom. The largest absolute Gasteiger partial charge is 0.377 e. The van der Waals surface area contributed by atoms with Crippen molar-refractivity contribution in [3.8, 4) is 0 Å². The van der Waals surface area contributed by atoms with Gasteiger partial charge in [-0.1, -0.05) is 38.1 Å². The van der Waals surface area contributed by atoms with Gasteiger partial charge in [0.25, 0.3) is 0 Å². The Kier molecular flexibility index (Phi) is 3.25. The van der Waals surface area contributed by atoms with Crippen molar-refractivity contribution in [2.75, 3.05) is 5.32 Å². The highest BCUT2D eigenvalue weighted by atomic mass is 14.9. The molecule has 3 rings (SSSR count). The molecule has 20 heavy (non-hydrogen) atoms. The summed E-state index contributed by atoms with van der Waals surface area (Å²) in [6.45, 7) is 6.77. The molecule has 0 saturated heterocycles. The van der Waals surface area contributed by atoms with Crippen molar-refractivity contribution in [2.24, 2.45) is 0 Å². The second-order valence-electron chi connectivity index (χ2n) is 6.46. The number of hydrogen-bond acceptors (Lipinski definition) is 2. The highest BCUT2D eigenvalue weighted by Crippen LogP contribution is 2.42. The molecule has 0 saturated carbocycles. The summed E-state index contributed by atoms with van der Waals surface area (Å²) in [5.74, 6) is 0. The average molecular weight is 266 g/mol. The summed E-state index contributed by atoms with van der Waals surface area (Å²) in [7, 11) is 0. The standard InChI is InChI=1S/C18H22N2/c1-13-10-14(12-19-11-13)20-17-8-9-18(2,3)16-7-5-4-6-15(16)17/h4-7,10-12,17,20H,8-9H2,1-3H3. The third kappa shape index (κ3) is 2.43. The van der Waals surface area contributed by atoms with E-state index in [-0.39, 0.29) is 5.41 Å². The van der Waals surface area contributed by atoms with Crippen LogP contribution in [0.2, 0.25) is 0 Å². The van der Waals surface area contributed by atoms with E-state index in [1.54, 1.807) is 0 Å². The molecule has 104 valence electrons. The highest BCUT2D eigenvalue weighted by Gasteiger charge is 2.32. The summed E-state index contributed by atoms with van der Waals surface area (Å²) in [6, 6.07) is 11.4. The van der Waals surface area contributed by atoms with Gasteiger partial charge in [0.15, 0.2) is 0 Å². The van der Waals surface area contributed by atoms with Gasteiger partial charge in [-0.2, -0.15) is 0 Å². The third-order valence-electron chi connectivity index (χ3n) is 4.34. The smallest absolute Gasteiger partial charge is 0.0534 e. The molecular weight excluding hydrogens is 244 g/mol. The van der Waals surface area contributed by atoms with Crippen molar-refractivity contribution in [2.45, 2.75) is 45.1 Å². The fourth-order valence-electron chi connectivity index (χ4n) is 3.20. The highest BCUT2D eigenvalue weighted by molar-refractivity contribution is 5.48. The number of benzene rings is 1. The Morgan fingerprint density at radius 3 is 2.80 bits per heavy atom. The molecule has 2 heteroatoms. The first-order chi connectivity index (χ1) is 9.56. The van der Waals surface area contributed by atoms with Crippen LogP contribution >= 0.6 is 0 Å². The first kappa shape index (κ1) is 13.2. The van der Waals surface area contributed by atoms with Crippen LogP contribution in [0.1, 0.15) is 49.4 Å². The molecule has 1 N–H and O–H groups in total. The second kappa shape index (κ2) is 4.93. The number of hydrogen-bond donors (Lipinski definition) is 1. The maximum absolute atomic E-state index is 4.27. The van der Waals surface area contributed by atoms with Crippen LogP contribution in [0, 0.1) is 6.92 Å². The molecule has 0 radical (unpaired) electrons. The summed E-state index contributed by atoms with van der Waals surface area (Å²) < 4.78 is 0. The van der Waals surface area contributed by atoms with E-state index in [0.29, 0.717) is 6.04 Å². The first-order valence-corrected chi connectivity index (χ1v) is 7.34. The van der Waals surface area contributed by atoms with Crippen molar-refractivity contribution in [1.29, 1.82) is 0 Å². The van der Waals surface area contributed by atoms with Gasteiger partial charge in [0.05, 0.1) is 11.7 Å². The molecule has 2 nitrogen and oxygen atoms in total. The molecule has 0 aliphatic heterocycles. The normalized spacial score (nSPS) is 20.2. The lowest BCUT2D eigenvalue weighted by atomic mass is 9.71. The van der Waals surface area contributed by atoms with E-state index in [4.69, 9.17) is 0 Å². The van der Waals surface area contributed by atoms with E-state index in [0.717, 1.165) is 12.1 Å². The van der Waals surface area contributed by atoms with Crippen LogP contribution < -0.4 is 5.32 Å². The van der Waals surface area contributed by atoms with Crippen LogP contribution in [-0.4, -0.2) is 4.98 Å². The molecule has 1 aliphatic carbocycles. The topological polar surface area (TPSA) is 24.9 Å². The lowest BCUT2D eigenvalue weighted by Gasteiger charge is -2.37. The van der Waals surface area contributed by atoms with Gasteiger partial charge in [0.1, 0.15) is 0 Å². The lowest BCUT2D eigenvalue weighted by Crippen LogP contribution is -2.29. The van der Waals surface area contributed by atoms with Gasteiger partial charge < -0.3 is 5.32 Å². The number of aryl methyl sites for hydroxylation is 1. The molecular formula is C18H22N2. The predicted octanol–water partition coefficient (Wildman–Crippen LogP) is 4.61. The van der Waals surface area contributed by atoms with E-state index in [1.807, 2.05) is 12.4 Å². The number of nitrogens with one attached hydrogen (secondary N) is 1. The molecule has 0 spiro atoms. The van der Waals surface area contributed by atoms with Crippen LogP contribution in [0.5, 0.6) is 0 Å². The van der Waals surface area contributed by atoms with E-state index in [1.165, 1.54) is 23.1 Å². The monoisotopic (exact) mass is 266 g/mol. The maximum Gasteiger partial charge on any atom is 0.0534 e. The Bertz CT molecular complexity index is 616. The molecule has 1 aromatic heterocycles. The Morgan fingerprint density at radius 2 is 2.00 bits per heavy atom. The van der Waals surface area contributed by atoms with Crippen LogP contribution in [0.15, 0.2) is 42.7 Å². The average Bonchev–Trinajstić information content (AvgIpc) is 2.43. The summed E-state index contributed by atoms with van der Waals surface area (Å²) >= 11 is 0. The van der Waals surface area contributed by atoms with Crippen molar-refractivity contribution in [3.63, 3.8) is 0 Å². The molecule has 1 heterocycles. The van der Waals surface area contributed by atoms with E-state index >= 15 is 0 Å². The second-order valence-corrected chi connectivity index (χ2v) is 6.46. The van der Waals surface area contributed by atoms with Gasteiger partial charge in [-0.05, 0) is 47.9 Å². The summed E-state index contributed by atoms with van der Waals surface area (Å²) in [5, 5.41) is 3.65. The zero-order valence-electron chi connectivity index (χ0n) is 12.5. The van der Waals surface area contributed by atoms with Gasteiger partial charge >= 0.3 is 0 Å². The number of pyridine rings is 1. The van der Waals surface area contributed by atoms with Gasteiger partial charge in [-0.15, -0.1) is 0 Å². The first-order valence-electron chi connectivity index (χ1n) is 7.34. The van der Waals surface area contributed by atoms with Crippen molar-refractivity contribution in [1.82, 2.24) is 4.98 Å². The summed E-state index contributed by atoms with van der Waals surface area (Å²) in [5.41, 5.74) is 5.50. The Hall–Kier alpha value is -1.83. The van der Waals surface area contributed by atoms with E-state index in [9.17, 15) is 0 Å². The Labute approximate surface area is 121 Å². The van der Waals surface area contributed by atoms with Crippen LogP contribution in [-0.2, 0) is 5.41 Å². The number of anilines is 1. The SMILES string of the molecule is Cc1cncc(NC2CCC(C)(C)c3ccccc32)c1. The fraction of sp³-hybridized carbons (Fsp3) is 0.389. The zero-order chi connectivity index (χ0) is 14.2. The van der Waals surface area contributed by atoms with Gasteiger partial charge in [-0.3, -0.25) is 4.98 Å². The van der Waals surface area contributed by atoms with Crippen LogP contribution in [0.4, 0.5) is 5.69 Å². The number of nitrogens with zero attached hydrogens (tertiary/aromatic N) is 1. The van der Waals surface area contributed by atoms with Crippen molar-refractivity contribution < 1.29 is 0 Å². The number of rotatable bonds is 2. The van der Waals surface area contributed by atoms with Crippen molar-refractivity contribution in [3.05, 3.63) is 59.4 Å². The minimum atomic E-state index is 0.277. The maximum atomic E-state index is 4.27. The Balaban J connectivity index is 1.92. The van der Waals surface area contributed by atoms with Crippen LogP contribution in [0.3, 0.4) is 0 Å². The predicted molar refractivity (Wildman–Crippen MR) is 84.0 cm³/mol. The van der Waals surface area contributed by atoms with Gasteiger partial charge in [-0.25, -0.2) is 0 Å². The molecule has 1 aromatic carbocycles. The van der Waals surface area contributed by atoms with Crippen LogP contribution in [0.25, 0.3) is 0 Å². The molecule has 0 amide bonds. The summed E-state index contributed by atoms with van der Waals surface area (Å²) in [6.07, 6.45) is 6.18. The van der Waals surface area contributed by atoms with Gasteiger partial charge in [0.2, 0.25) is 0 Å². The number of aromatic nitrogens is 1. The quantitative estimate of drug-likeness (QED) is 0.858.